The van der Waals surface area contributed by atoms with Crippen LogP contribution in [0.1, 0.15) is 44.2 Å². The molecule has 4 heteroatoms. The molecule has 1 aromatic carbocycles. The van der Waals surface area contributed by atoms with Crippen molar-refractivity contribution < 1.29 is 9.18 Å². The standard InChI is InChI=1S/C17H25FN2O/c1-14(15-6-8-16(18)9-7-15)19(2)13-10-17(21)20-11-4-3-5-12-20/h6-9,14H,3-5,10-13H2,1-2H3/t14-/m1/s1. The molecule has 0 spiro atoms. The minimum atomic E-state index is -0.214. The second-order valence-corrected chi connectivity index (χ2v) is 5.90. The highest BCUT2D eigenvalue weighted by molar-refractivity contribution is 5.76. The van der Waals surface area contributed by atoms with Crippen LogP contribution in [0.15, 0.2) is 24.3 Å². The molecular formula is C17H25FN2O. The zero-order chi connectivity index (χ0) is 15.2. The zero-order valence-corrected chi connectivity index (χ0v) is 13.0. The SMILES string of the molecule is C[C@H](c1ccc(F)cc1)N(C)CCC(=O)N1CCCCC1. The third-order valence-corrected chi connectivity index (χ3v) is 4.40. The van der Waals surface area contributed by atoms with Crippen molar-refractivity contribution in [2.24, 2.45) is 0 Å². The predicted octanol–water partition coefficient (Wildman–Crippen LogP) is 3.22. The average molecular weight is 292 g/mol. The van der Waals surface area contributed by atoms with Crippen molar-refractivity contribution in [2.45, 2.75) is 38.6 Å². The molecule has 1 aliphatic rings. The van der Waals surface area contributed by atoms with E-state index in [-0.39, 0.29) is 17.8 Å². The molecule has 1 atom stereocenters. The maximum Gasteiger partial charge on any atom is 0.223 e. The smallest absolute Gasteiger partial charge is 0.223 e. The van der Waals surface area contributed by atoms with Crippen LogP contribution in [-0.2, 0) is 4.79 Å². The molecule has 0 bridgehead atoms. The Hall–Kier alpha value is -1.42. The van der Waals surface area contributed by atoms with Crippen molar-refractivity contribution in [3.63, 3.8) is 0 Å². The molecule has 1 amide bonds. The number of carbonyl (C=O) groups excluding carboxylic acids is 1. The second kappa shape index (κ2) is 7.55. The number of carbonyl (C=O) groups is 1. The van der Waals surface area contributed by atoms with Crippen molar-refractivity contribution >= 4 is 5.91 Å². The summed E-state index contributed by atoms with van der Waals surface area (Å²) in [6.07, 6.45) is 4.06. The van der Waals surface area contributed by atoms with Crippen LogP contribution in [0.5, 0.6) is 0 Å². The van der Waals surface area contributed by atoms with E-state index < -0.39 is 0 Å². The van der Waals surface area contributed by atoms with Crippen LogP contribution in [0, 0.1) is 5.82 Å². The number of likely N-dealkylation sites (tertiary alicyclic amines) is 1. The van der Waals surface area contributed by atoms with Gasteiger partial charge in [-0.2, -0.15) is 0 Å². The molecule has 1 heterocycles. The Morgan fingerprint density at radius 1 is 1.24 bits per heavy atom. The summed E-state index contributed by atoms with van der Waals surface area (Å²) in [5, 5.41) is 0. The van der Waals surface area contributed by atoms with Crippen LogP contribution in [0.2, 0.25) is 0 Å². The molecule has 21 heavy (non-hydrogen) atoms. The van der Waals surface area contributed by atoms with Crippen LogP contribution >= 0.6 is 0 Å². The fourth-order valence-electron chi connectivity index (χ4n) is 2.76. The normalized spacial score (nSPS) is 17.0. The first-order valence-electron chi connectivity index (χ1n) is 7.81. The molecular weight excluding hydrogens is 267 g/mol. The highest BCUT2D eigenvalue weighted by atomic mass is 19.1. The van der Waals surface area contributed by atoms with Gasteiger partial charge in [-0.25, -0.2) is 4.39 Å². The van der Waals surface area contributed by atoms with Crippen molar-refractivity contribution in [1.29, 1.82) is 0 Å². The molecule has 1 aliphatic heterocycles. The minimum absolute atomic E-state index is 0.180. The topological polar surface area (TPSA) is 23.6 Å². The van der Waals surface area contributed by atoms with E-state index in [1.165, 1.54) is 18.6 Å². The van der Waals surface area contributed by atoms with E-state index in [4.69, 9.17) is 0 Å². The molecule has 1 fully saturated rings. The first-order chi connectivity index (χ1) is 10.1. The largest absolute Gasteiger partial charge is 0.343 e. The molecule has 3 nitrogen and oxygen atoms in total. The first kappa shape index (κ1) is 16.0. The van der Waals surface area contributed by atoms with Crippen molar-refractivity contribution in [3.8, 4) is 0 Å². The van der Waals surface area contributed by atoms with Crippen LogP contribution in [-0.4, -0.2) is 42.4 Å². The van der Waals surface area contributed by atoms with E-state index in [0.29, 0.717) is 6.42 Å². The van der Waals surface area contributed by atoms with E-state index in [1.807, 2.05) is 24.1 Å². The van der Waals surface area contributed by atoms with Gasteiger partial charge in [-0.1, -0.05) is 12.1 Å². The Balaban J connectivity index is 1.81. The van der Waals surface area contributed by atoms with Gasteiger partial charge in [0.2, 0.25) is 5.91 Å². The van der Waals surface area contributed by atoms with Crippen molar-refractivity contribution in [1.82, 2.24) is 9.80 Å². The number of piperidine rings is 1. The van der Waals surface area contributed by atoms with E-state index in [0.717, 1.165) is 38.0 Å². The van der Waals surface area contributed by atoms with Gasteiger partial charge in [0.05, 0.1) is 0 Å². The highest BCUT2D eigenvalue weighted by Gasteiger charge is 2.18. The lowest BCUT2D eigenvalue weighted by atomic mass is 10.1. The van der Waals surface area contributed by atoms with Crippen LogP contribution in [0.25, 0.3) is 0 Å². The number of nitrogens with zero attached hydrogens (tertiary/aromatic N) is 2. The summed E-state index contributed by atoms with van der Waals surface area (Å²) < 4.78 is 12.9. The van der Waals surface area contributed by atoms with Gasteiger partial charge in [-0.05, 0) is 50.9 Å². The number of rotatable bonds is 5. The number of benzene rings is 1. The van der Waals surface area contributed by atoms with Gasteiger partial charge >= 0.3 is 0 Å². The summed E-state index contributed by atoms with van der Waals surface area (Å²) in [5.74, 6) is 0.0433. The van der Waals surface area contributed by atoms with Crippen LogP contribution in [0.4, 0.5) is 4.39 Å². The maximum atomic E-state index is 12.9. The summed E-state index contributed by atoms with van der Waals surface area (Å²) in [4.78, 5) is 16.3. The summed E-state index contributed by atoms with van der Waals surface area (Å²) in [5.41, 5.74) is 1.07. The molecule has 2 rings (SSSR count). The van der Waals surface area contributed by atoms with Crippen molar-refractivity contribution in [2.75, 3.05) is 26.7 Å². The van der Waals surface area contributed by atoms with Gasteiger partial charge in [-0.15, -0.1) is 0 Å². The molecule has 0 unspecified atom stereocenters. The Labute approximate surface area is 126 Å². The Morgan fingerprint density at radius 2 is 1.86 bits per heavy atom. The summed E-state index contributed by atoms with van der Waals surface area (Å²) in [6, 6.07) is 6.77. The lowest BCUT2D eigenvalue weighted by molar-refractivity contribution is -0.132. The predicted molar refractivity (Wildman–Crippen MR) is 82.5 cm³/mol. The van der Waals surface area contributed by atoms with Gasteiger partial charge in [0.25, 0.3) is 0 Å². The van der Waals surface area contributed by atoms with Gasteiger partial charge < -0.3 is 4.90 Å². The molecule has 116 valence electrons. The lowest BCUT2D eigenvalue weighted by Gasteiger charge is -2.29. The monoisotopic (exact) mass is 292 g/mol. The summed E-state index contributed by atoms with van der Waals surface area (Å²) in [7, 11) is 2.01. The molecule has 0 aliphatic carbocycles. The van der Waals surface area contributed by atoms with Gasteiger partial charge in [0.15, 0.2) is 0 Å². The minimum Gasteiger partial charge on any atom is -0.343 e. The molecule has 0 aromatic heterocycles. The van der Waals surface area contributed by atoms with E-state index >= 15 is 0 Å². The second-order valence-electron chi connectivity index (χ2n) is 5.90. The Morgan fingerprint density at radius 3 is 2.48 bits per heavy atom. The number of hydrogen-bond donors (Lipinski definition) is 0. The van der Waals surface area contributed by atoms with Crippen molar-refractivity contribution in [3.05, 3.63) is 35.6 Å². The maximum absolute atomic E-state index is 12.9. The zero-order valence-electron chi connectivity index (χ0n) is 13.0. The number of amides is 1. The van der Waals surface area contributed by atoms with Gasteiger partial charge in [0, 0.05) is 32.1 Å². The lowest BCUT2D eigenvalue weighted by Crippen LogP contribution is -2.37. The third kappa shape index (κ3) is 4.53. The fraction of sp³-hybridized carbons (Fsp3) is 0.588. The molecule has 0 N–H and O–H groups in total. The van der Waals surface area contributed by atoms with Gasteiger partial charge in [0.1, 0.15) is 5.82 Å². The fourth-order valence-corrected chi connectivity index (χ4v) is 2.76. The van der Waals surface area contributed by atoms with E-state index in [1.54, 1.807) is 0 Å². The first-order valence-corrected chi connectivity index (χ1v) is 7.81. The average Bonchev–Trinajstić information content (AvgIpc) is 2.53. The van der Waals surface area contributed by atoms with Gasteiger partial charge in [-0.3, -0.25) is 9.69 Å². The van der Waals surface area contributed by atoms with Crippen LogP contribution < -0.4 is 0 Å². The summed E-state index contributed by atoms with van der Waals surface area (Å²) in [6.45, 7) is 4.64. The highest BCUT2D eigenvalue weighted by Crippen LogP contribution is 2.19. The quantitative estimate of drug-likeness (QED) is 0.832. The molecule has 0 radical (unpaired) electrons. The third-order valence-electron chi connectivity index (χ3n) is 4.40. The van der Waals surface area contributed by atoms with E-state index in [9.17, 15) is 9.18 Å². The molecule has 1 aromatic rings. The number of halogens is 1. The molecule has 0 saturated carbocycles. The molecule has 1 saturated heterocycles. The Kier molecular flexibility index (Phi) is 5.74. The number of hydrogen-bond acceptors (Lipinski definition) is 2. The van der Waals surface area contributed by atoms with Crippen LogP contribution in [0.3, 0.4) is 0 Å². The Bertz CT molecular complexity index is 454. The summed E-state index contributed by atoms with van der Waals surface area (Å²) >= 11 is 0. The van der Waals surface area contributed by atoms with E-state index in [2.05, 4.69) is 11.8 Å².